The highest BCUT2D eigenvalue weighted by atomic mass is 16.5. The number of H-pyrrole nitrogens is 1. The zero-order valence-corrected chi connectivity index (χ0v) is 10.9. The van der Waals surface area contributed by atoms with E-state index in [1.807, 2.05) is 12.3 Å². The molecule has 1 N–H and O–H groups in total. The maximum atomic E-state index is 9.10. The molecule has 2 aromatic heterocycles. The van der Waals surface area contributed by atoms with Gasteiger partial charge >= 0.3 is 0 Å². The number of hydrogen-bond acceptors (Lipinski definition) is 4. The first-order chi connectivity index (χ1) is 9.83. The average Bonchev–Trinajstić information content (AvgIpc) is 2.92. The van der Waals surface area contributed by atoms with Gasteiger partial charge in [0.15, 0.2) is 0 Å². The predicted molar refractivity (Wildman–Crippen MR) is 74.5 cm³/mol. The van der Waals surface area contributed by atoms with Crippen LogP contribution >= 0.6 is 0 Å². The van der Waals surface area contributed by atoms with E-state index in [-0.39, 0.29) is 0 Å². The van der Waals surface area contributed by atoms with Crippen LogP contribution in [0.5, 0.6) is 11.6 Å². The molecular weight excluding hydrogens is 252 g/mol. The normalized spacial score (nSPS) is 10.4. The third-order valence-corrected chi connectivity index (χ3v) is 3.11. The molecule has 20 heavy (non-hydrogen) atoms. The fourth-order valence-corrected chi connectivity index (χ4v) is 2.10. The molecule has 2 heterocycles. The number of nitriles is 1. The summed E-state index contributed by atoms with van der Waals surface area (Å²) in [7, 11) is 0. The van der Waals surface area contributed by atoms with Gasteiger partial charge in [-0.3, -0.25) is 0 Å². The van der Waals surface area contributed by atoms with Gasteiger partial charge in [-0.1, -0.05) is 19.1 Å². The van der Waals surface area contributed by atoms with E-state index >= 15 is 0 Å². The van der Waals surface area contributed by atoms with Gasteiger partial charge in [0.1, 0.15) is 23.8 Å². The number of rotatable bonds is 3. The van der Waals surface area contributed by atoms with E-state index in [2.05, 4.69) is 27.9 Å². The standard InChI is InChI=1S/C15H12N4O/c1-2-10-8-17-14-13(10)15(19-9-18-14)20-12-6-4-3-5-11(12)7-16/h3-6,8-9H,2H2,1H3,(H,17,18,19). The molecule has 0 spiro atoms. The number of ether oxygens (including phenoxy) is 1. The Labute approximate surface area is 115 Å². The fraction of sp³-hybridized carbons (Fsp3) is 0.133. The van der Waals surface area contributed by atoms with Crippen molar-refractivity contribution < 1.29 is 4.74 Å². The number of aromatic amines is 1. The fourth-order valence-electron chi connectivity index (χ4n) is 2.10. The van der Waals surface area contributed by atoms with E-state index in [0.717, 1.165) is 23.0 Å². The molecule has 0 aliphatic heterocycles. The number of para-hydroxylation sites is 1. The second-order valence-electron chi connectivity index (χ2n) is 4.28. The molecule has 0 bridgehead atoms. The number of nitrogens with one attached hydrogen (secondary N) is 1. The minimum Gasteiger partial charge on any atom is -0.437 e. The molecule has 0 aliphatic rings. The lowest BCUT2D eigenvalue weighted by Crippen LogP contribution is -1.93. The molecule has 3 aromatic rings. The first kappa shape index (κ1) is 12.2. The van der Waals surface area contributed by atoms with Crippen LogP contribution in [-0.2, 0) is 6.42 Å². The van der Waals surface area contributed by atoms with Gasteiger partial charge in [-0.15, -0.1) is 0 Å². The Morgan fingerprint density at radius 2 is 2.15 bits per heavy atom. The quantitative estimate of drug-likeness (QED) is 0.788. The zero-order chi connectivity index (χ0) is 13.9. The van der Waals surface area contributed by atoms with Crippen LogP contribution < -0.4 is 4.74 Å². The average molecular weight is 264 g/mol. The molecule has 0 atom stereocenters. The van der Waals surface area contributed by atoms with Crippen LogP contribution in [0.4, 0.5) is 0 Å². The number of hydrogen-bond donors (Lipinski definition) is 1. The maximum absolute atomic E-state index is 9.10. The summed E-state index contributed by atoms with van der Waals surface area (Å²) in [6.45, 7) is 2.06. The summed E-state index contributed by atoms with van der Waals surface area (Å²) in [4.78, 5) is 11.5. The maximum Gasteiger partial charge on any atom is 0.232 e. The van der Waals surface area contributed by atoms with E-state index in [4.69, 9.17) is 10.00 Å². The molecule has 0 unspecified atom stereocenters. The lowest BCUT2D eigenvalue weighted by atomic mass is 10.2. The van der Waals surface area contributed by atoms with Crippen LogP contribution in [0, 0.1) is 11.3 Å². The van der Waals surface area contributed by atoms with Crippen molar-refractivity contribution >= 4 is 11.0 Å². The Kier molecular flexibility index (Phi) is 3.05. The van der Waals surface area contributed by atoms with Crippen LogP contribution in [0.15, 0.2) is 36.8 Å². The van der Waals surface area contributed by atoms with E-state index in [0.29, 0.717) is 17.2 Å². The molecule has 0 amide bonds. The van der Waals surface area contributed by atoms with Gasteiger partial charge in [-0.2, -0.15) is 5.26 Å². The molecule has 5 heteroatoms. The zero-order valence-electron chi connectivity index (χ0n) is 10.9. The highest BCUT2D eigenvalue weighted by molar-refractivity contribution is 5.85. The summed E-state index contributed by atoms with van der Waals surface area (Å²) >= 11 is 0. The van der Waals surface area contributed by atoms with Gasteiger partial charge in [0.05, 0.1) is 10.9 Å². The predicted octanol–water partition coefficient (Wildman–Crippen LogP) is 3.18. The Hall–Kier alpha value is -2.87. The summed E-state index contributed by atoms with van der Waals surface area (Å²) in [5.41, 5.74) is 2.30. The lowest BCUT2D eigenvalue weighted by molar-refractivity contribution is 0.466. The summed E-state index contributed by atoms with van der Waals surface area (Å²) in [5, 5.41) is 9.97. The van der Waals surface area contributed by atoms with E-state index < -0.39 is 0 Å². The summed E-state index contributed by atoms with van der Waals surface area (Å²) < 4.78 is 5.82. The molecular formula is C15H12N4O. The monoisotopic (exact) mass is 264 g/mol. The van der Waals surface area contributed by atoms with E-state index in [1.54, 1.807) is 18.2 Å². The number of aromatic nitrogens is 3. The van der Waals surface area contributed by atoms with Gasteiger partial charge in [0.2, 0.25) is 5.88 Å². The minimum atomic E-state index is 0.468. The topological polar surface area (TPSA) is 74.6 Å². The van der Waals surface area contributed by atoms with Crippen LogP contribution in [0.2, 0.25) is 0 Å². The van der Waals surface area contributed by atoms with Gasteiger partial charge < -0.3 is 9.72 Å². The molecule has 0 aliphatic carbocycles. The largest absolute Gasteiger partial charge is 0.437 e. The van der Waals surface area contributed by atoms with Crippen molar-refractivity contribution in [3.63, 3.8) is 0 Å². The van der Waals surface area contributed by atoms with Gasteiger partial charge in [-0.05, 0) is 24.1 Å². The molecule has 0 radical (unpaired) electrons. The van der Waals surface area contributed by atoms with Crippen LogP contribution in [-0.4, -0.2) is 15.0 Å². The van der Waals surface area contributed by atoms with Crippen molar-refractivity contribution in [2.24, 2.45) is 0 Å². The smallest absolute Gasteiger partial charge is 0.232 e. The second kappa shape index (κ2) is 5.02. The Morgan fingerprint density at radius 3 is 2.95 bits per heavy atom. The summed E-state index contributed by atoms with van der Waals surface area (Å²) in [6, 6.07) is 9.20. The number of nitrogens with zero attached hydrogens (tertiary/aromatic N) is 3. The first-order valence-electron chi connectivity index (χ1n) is 6.31. The van der Waals surface area contributed by atoms with Crippen molar-refractivity contribution in [1.82, 2.24) is 15.0 Å². The SMILES string of the molecule is CCc1c[nH]c2ncnc(Oc3ccccc3C#N)c12. The van der Waals surface area contributed by atoms with Gasteiger partial charge in [0, 0.05) is 6.20 Å². The summed E-state index contributed by atoms with van der Waals surface area (Å²) in [6.07, 6.45) is 4.20. The highest BCUT2D eigenvalue weighted by Gasteiger charge is 2.13. The van der Waals surface area contributed by atoms with Crippen molar-refractivity contribution in [2.75, 3.05) is 0 Å². The molecule has 0 fully saturated rings. The minimum absolute atomic E-state index is 0.468. The third kappa shape index (κ3) is 1.97. The molecule has 1 aromatic carbocycles. The molecule has 3 rings (SSSR count). The number of aryl methyl sites for hydroxylation is 1. The van der Waals surface area contributed by atoms with Gasteiger partial charge in [0.25, 0.3) is 0 Å². The van der Waals surface area contributed by atoms with E-state index in [9.17, 15) is 0 Å². The van der Waals surface area contributed by atoms with Crippen molar-refractivity contribution in [3.05, 3.63) is 47.9 Å². The number of fused-ring (bicyclic) bond motifs is 1. The highest BCUT2D eigenvalue weighted by Crippen LogP contribution is 2.30. The molecule has 5 nitrogen and oxygen atoms in total. The van der Waals surface area contributed by atoms with Crippen molar-refractivity contribution in [1.29, 1.82) is 5.26 Å². The van der Waals surface area contributed by atoms with Crippen molar-refractivity contribution in [2.45, 2.75) is 13.3 Å². The van der Waals surface area contributed by atoms with E-state index in [1.165, 1.54) is 6.33 Å². The van der Waals surface area contributed by atoms with Crippen LogP contribution in [0.1, 0.15) is 18.1 Å². The Bertz CT molecular complexity index is 801. The molecule has 98 valence electrons. The van der Waals surface area contributed by atoms with Crippen LogP contribution in [0.25, 0.3) is 11.0 Å². The Balaban J connectivity index is 2.11. The molecule has 0 saturated carbocycles. The Morgan fingerprint density at radius 1 is 1.30 bits per heavy atom. The van der Waals surface area contributed by atoms with Gasteiger partial charge in [-0.25, -0.2) is 9.97 Å². The molecule has 0 saturated heterocycles. The number of benzene rings is 1. The van der Waals surface area contributed by atoms with Crippen molar-refractivity contribution in [3.8, 4) is 17.7 Å². The summed E-state index contributed by atoms with van der Waals surface area (Å²) in [5.74, 6) is 0.967. The third-order valence-electron chi connectivity index (χ3n) is 3.11. The second-order valence-corrected chi connectivity index (χ2v) is 4.28. The lowest BCUT2D eigenvalue weighted by Gasteiger charge is -2.07. The van der Waals surface area contributed by atoms with Crippen LogP contribution in [0.3, 0.4) is 0 Å². The first-order valence-corrected chi connectivity index (χ1v) is 6.31.